The molecule has 2 aliphatic heterocycles. The van der Waals surface area contributed by atoms with Crippen molar-refractivity contribution < 1.29 is 14.4 Å². The van der Waals surface area contributed by atoms with Gasteiger partial charge in [-0.25, -0.2) is 0 Å². The number of carbonyl (C=O) groups is 3. The van der Waals surface area contributed by atoms with Crippen molar-refractivity contribution in [3.05, 3.63) is 30.3 Å². The minimum atomic E-state index is -0.312. The van der Waals surface area contributed by atoms with E-state index in [2.05, 4.69) is 5.32 Å². The number of piperidine rings is 1. The van der Waals surface area contributed by atoms with Crippen LogP contribution in [0.4, 0.5) is 5.69 Å². The summed E-state index contributed by atoms with van der Waals surface area (Å²) in [6, 6.07) is 9.83. The molecule has 2 atom stereocenters. The zero-order valence-corrected chi connectivity index (χ0v) is 14.9. The van der Waals surface area contributed by atoms with Crippen LogP contribution in [0.25, 0.3) is 0 Å². The van der Waals surface area contributed by atoms with Crippen LogP contribution >= 0.6 is 0 Å². The predicted molar refractivity (Wildman–Crippen MR) is 97.4 cm³/mol. The SMILES string of the molecule is O=C(NC1CC1)[C@H]1CCCN(C(=O)[C@H]2CC(=O)N(c3ccccc3)C2)C1. The Morgan fingerprint density at radius 1 is 1.00 bits per heavy atom. The monoisotopic (exact) mass is 355 g/mol. The van der Waals surface area contributed by atoms with Crippen molar-refractivity contribution in [2.24, 2.45) is 11.8 Å². The van der Waals surface area contributed by atoms with E-state index in [0.29, 0.717) is 25.7 Å². The first-order valence-electron chi connectivity index (χ1n) is 9.56. The fraction of sp³-hybridized carbons (Fsp3) is 0.550. The molecule has 2 heterocycles. The van der Waals surface area contributed by atoms with E-state index in [4.69, 9.17) is 0 Å². The number of benzene rings is 1. The standard InChI is InChI=1S/C20H25N3O3/c24-18-11-15(13-23(18)17-6-2-1-3-7-17)20(26)22-10-4-5-14(12-22)19(25)21-16-8-9-16/h1-3,6-7,14-16H,4-5,8-13H2,(H,21,25)/t14-,15-/m0/s1. The maximum atomic E-state index is 12.9. The van der Waals surface area contributed by atoms with Crippen LogP contribution in [0.2, 0.25) is 0 Å². The zero-order valence-electron chi connectivity index (χ0n) is 14.9. The van der Waals surface area contributed by atoms with Crippen LogP contribution in [0.5, 0.6) is 0 Å². The number of amides is 3. The Bertz CT molecular complexity index is 702. The van der Waals surface area contributed by atoms with Gasteiger partial charge in [0.1, 0.15) is 0 Å². The predicted octanol–water partition coefficient (Wildman–Crippen LogP) is 1.56. The molecule has 6 nitrogen and oxygen atoms in total. The van der Waals surface area contributed by atoms with Gasteiger partial charge in [-0.3, -0.25) is 14.4 Å². The summed E-state index contributed by atoms with van der Waals surface area (Å²) >= 11 is 0. The topological polar surface area (TPSA) is 69.7 Å². The third kappa shape index (κ3) is 3.59. The molecule has 0 aromatic heterocycles. The Balaban J connectivity index is 1.37. The smallest absolute Gasteiger partial charge is 0.228 e. The molecule has 0 spiro atoms. The molecule has 0 bridgehead atoms. The van der Waals surface area contributed by atoms with E-state index in [1.165, 1.54) is 0 Å². The van der Waals surface area contributed by atoms with Crippen molar-refractivity contribution >= 4 is 23.4 Å². The summed E-state index contributed by atoms with van der Waals surface area (Å²) in [6.45, 7) is 1.59. The van der Waals surface area contributed by atoms with Gasteiger partial charge in [0.25, 0.3) is 0 Å². The molecular weight excluding hydrogens is 330 g/mol. The summed E-state index contributed by atoms with van der Waals surface area (Å²) in [5.74, 6) is -0.336. The van der Waals surface area contributed by atoms with E-state index in [0.717, 1.165) is 31.4 Å². The highest BCUT2D eigenvalue weighted by atomic mass is 16.2. The van der Waals surface area contributed by atoms with Crippen LogP contribution in [0.15, 0.2) is 30.3 Å². The molecule has 0 radical (unpaired) electrons. The van der Waals surface area contributed by atoms with Gasteiger partial charge < -0.3 is 15.1 Å². The van der Waals surface area contributed by atoms with Crippen molar-refractivity contribution in [2.45, 2.75) is 38.1 Å². The first-order valence-corrected chi connectivity index (χ1v) is 9.56. The van der Waals surface area contributed by atoms with Gasteiger partial charge >= 0.3 is 0 Å². The van der Waals surface area contributed by atoms with E-state index in [-0.39, 0.29) is 36.0 Å². The Kier molecular flexibility index (Phi) is 4.66. The Morgan fingerprint density at radius 3 is 2.50 bits per heavy atom. The van der Waals surface area contributed by atoms with Crippen LogP contribution in [-0.4, -0.2) is 48.3 Å². The number of likely N-dealkylation sites (tertiary alicyclic amines) is 1. The molecule has 6 heteroatoms. The summed E-state index contributed by atoms with van der Waals surface area (Å²) in [5, 5.41) is 3.05. The molecule has 138 valence electrons. The van der Waals surface area contributed by atoms with Crippen LogP contribution < -0.4 is 10.2 Å². The van der Waals surface area contributed by atoms with E-state index in [9.17, 15) is 14.4 Å². The fourth-order valence-corrected chi connectivity index (χ4v) is 3.93. The van der Waals surface area contributed by atoms with Gasteiger partial charge in [0.15, 0.2) is 0 Å². The number of para-hydroxylation sites is 1. The number of rotatable bonds is 4. The molecule has 1 N–H and O–H groups in total. The van der Waals surface area contributed by atoms with E-state index < -0.39 is 0 Å². The van der Waals surface area contributed by atoms with Crippen molar-refractivity contribution in [1.82, 2.24) is 10.2 Å². The highest BCUT2D eigenvalue weighted by Crippen LogP contribution is 2.28. The number of nitrogens with zero attached hydrogens (tertiary/aromatic N) is 2. The van der Waals surface area contributed by atoms with Gasteiger partial charge in [-0.1, -0.05) is 18.2 Å². The lowest BCUT2D eigenvalue weighted by atomic mass is 9.95. The number of hydrogen-bond donors (Lipinski definition) is 1. The number of anilines is 1. The molecule has 3 fully saturated rings. The first kappa shape index (κ1) is 17.1. The quantitative estimate of drug-likeness (QED) is 0.891. The maximum Gasteiger partial charge on any atom is 0.228 e. The lowest BCUT2D eigenvalue weighted by molar-refractivity contribution is -0.139. The zero-order chi connectivity index (χ0) is 18.1. The molecule has 2 saturated heterocycles. The molecule has 1 aromatic carbocycles. The normalized spacial score (nSPS) is 26.1. The lowest BCUT2D eigenvalue weighted by Gasteiger charge is -2.33. The minimum absolute atomic E-state index is 0.00501. The van der Waals surface area contributed by atoms with Gasteiger partial charge in [0, 0.05) is 37.8 Å². The van der Waals surface area contributed by atoms with E-state index in [1.54, 1.807) is 9.80 Å². The van der Waals surface area contributed by atoms with Gasteiger partial charge in [0.05, 0.1) is 11.8 Å². The minimum Gasteiger partial charge on any atom is -0.353 e. The fourth-order valence-electron chi connectivity index (χ4n) is 3.93. The van der Waals surface area contributed by atoms with Gasteiger partial charge in [-0.15, -0.1) is 0 Å². The Hall–Kier alpha value is -2.37. The van der Waals surface area contributed by atoms with E-state index in [1.807, 2.05) is 30.3 Å². The second kappa shape index (κ2) is 7.09. The number of hydrogen-bond acceptors (Lipinski definition) is 3. The molecule has 3 aliphatic rings. The molecule has 1 saturated carbocycles. The molecular formula is C20H25N3O3. The van der Waals surface area contributed by atoms with Gasteiger partial charge in [0.2, 0.25) is 17.7 Å². The molecule has 26 heavy (non-hydrogen) atoms. The Labute approximate surface area is 153 Å². The van der Waals surface area contributed by atoms with Crippen molar-refractivity contribution in [1.29, 1.82) is 0 Å². The molecule has 1 aliphatic carbocycles. The second-order valence-electron chi connectivity index (χ2n) is 7.65. The number of carbonyl (C=O) groups excluding carboxylic acids is 3. The highest BCUT2D eigenvalue weighted by molar-refractivity contribution is 6.00. The largest absolute Gasteiger partial charge is 0.353 e. The van der Waals surface area contributed by atoms with Crippen LogP contribution in [0.1, 0.15) is 32.1 Å². The Morgan fingerprint density at radius 2 is 1.77 bits per heavy atom. The molecule has 3 amide bonds. The van der Waals surface area contributed by atoms with Crippen molar-refractivity contribution in [3.8, 4) is 0 Å². The summed E-state index contributed by atoms with van der Waals surface area (Å²) in [7, 11) is 0. The van der Waals surface area contributed by atoms with E-state index >= 15 is 0 Å². The number of nitrogens with one attached hydrogen (secondary N) is 1. The maximum absolute atomic E-state index is 12.9. The molecule has 4 rings (SSSR count). The van der Waals surface area contributed by atoms with Crippen LogP contribution in [0, 0.1) is 11.8 Å². The molecule has 0 unspecified atom stereocenters. The van der Waals surface area contributed by atoms with Crippen LogP contribution in [0.3, 0.4) is 0 Å². The van der Waals surface area contributed by atoms with Gasteiger partial charge in [-0.05, 0) is 37.8 Å². The third-order valence-corrected chi connectivity index (χ3v) is 5.57. The first-order chi connectivity index (χ1) is 12.6. The second-order valence-corrected chi connectivity index (χ2v) is 7.65. The van der Waals surface area contributed by atoms with Crippen molar-refractivity contribution in [2.75, 3.05) is 24.5 Å². The summed E-state index contributed by atoms with van der Waals surface area (Å²) in [5.41, 5.74) is 0.841. The lowest BCUT2D eigenvalue weighted by Crippen LogP contribution is -2.48. The van der Waals surface area contributed by atoms with Gasteiger partial charge in [-0.2, -0.15) is 0 Å². The average molecular weight is 355 g/mol. The summed E-state index contributed by atoms with van der Waals surface area (Å²) in [4.78, 5) is 41.1. The van der Waals surface area contributed by atoms with Crippen molar-refractivity contribution in [3.63, 3.8) is 0 Å². The third-order valence-electron chi connectivity index (χ3n) is 5.57. The highest BCUT2D eigenvalue weighted by Gasteiger charge is 2.39. The molecule has 1 aromatic rings. The average Bonchev–Trinajstić information content (AvgIpc) is 3.40. The summed E-state index contributed by atoms with van der Waals surface area (Å²) < 4.78 is 0. The van der Waals surface area contributed by atoms with Crippen LogP contribution in [-0.2, 0) is 14.4 Å². The summed E-state index contributed by atoms with van der Waals surface area (Å²) in [6.07, 6.45) is 4.07.